The van der Waals surface area contributed by atoms with Crippen molar-refractivity contribution < 1.29 is 4.79 Å². The van der Waals surface area contributed by atoms with Crippen molar-refractivity contribution in [2.24, 2.45) is 5.92 Å². The van der Waals surface area contributed by atoms with Gasteiger partial charge in [0.1, 0.15) is 18.0 Å². The second-order valence-electron chi connectivity index (χ2n) is 8.37. The van der Waals surface area contributed by atoms with Crippen molar-refractivity contribution in [2.75, 3.05) is 41.3 Å². The summed E-state index contributed by atoms with van der Waals surface area (Å²) < 4.78 is 0. The quantitative estimate of drug-likeness (QED) is 0.665. The summed E-state index contributed by atoms with van der Waals surface area (Å²) in [5.74, 6) is 2.13. The molecule has 164 valence electrons. The minimum absolute atomic E-state index is 0.00497. The second kappa shape index (κ2) is 9.30. The van der Waals surface area contributed by atoms with E-state index in [2.05, 4.69) is 35.3 Å². The topological polar surface area (TPSA) is 87.1 Å². The van der Waals surface area contributed by atoms with Crippen LogP contribution in [0.15, 0.2) is 54.9 Å². The number of hydrogen-bond acceptors (Lipinski definition) is 7. The molecule has 2 aromatic heterocycles. The molecule has 1 amide bonds. The van der Waals surface area contributed by atoms with E-state index in [1.807, 2.05) is 48.5 Å². The first kappa shape index (κ1) is 20.4. The van der Waals surface area contributed by atoms with E-state index in [4.69, 9.17) is 0 Å². The van der Waals surface area contributed by atoms with Crippen molar-refractivity contribution in [1.29, 1.82) is 0 Å². The predicted molar refractivity (Wildman–Crippen MR) is 125 cm³/mol. The lowest BCUT2D eigenvalue weighted by molar-refractivity contribution is -0.120. The SMILES string of the molecule is O=C(Nc1cc(N2CCCC2)ncn1)C1CCCN(c2ccc(-c3ccccc3)nn2)C1. The molecule has 2 aliphatic rings. The number of benzene rings is 1. The van der Waals surface area contributed by atoms with Crippen LogP contribution in [-0.2, 0) is 4.79 Å². The minimum atomic E-state index is -0.121. The van der Waals surface area contributed by atoms with Crippen molar-refractivity contribution in [3.63, 3.8) is 0 Å². The summed E-state index contributed by atoms with van der Waals surface area (Å²) in [5.41, 5.74) is 1.89. The zero-order valence-electron chi connectivity index (χ0n) is 18.0. The van der Waals surface area contributed by atoms with Crippen LogP contribution in [0.25, 0.3) is 11.3 Å². The normalized spacial score (nSPS) is 18.6. The van der Waals surface area contributed by atoms with Gasteiger partial charge in [0.25, 0.3) is 0 Å². The third kappa shape index (κ3) is 4.54. The molecule has 2 fully saturated rings. The van der Waals surface area contributed by atoms with Gasteiger partial charge < -0.3 is 15.1 Å². The van der Waals surface area contributed by atoms with Gasteiger partial charge in [0.05, 0.1) is 11.6 Å². The summed E-state index contributed by atoms with van der Waals surface area (Å²) in [6, 6.07) is 15.9. The maximum absolute atomic E-state index is 13.0. The molecule has 1 aromatic carbocycles. The average molecular weight is 430 g/mol. The Morgan fingerprint density at radius 2 is 1.69 bits per heavy atom. The Bertz CT molecular complexity index is 1050. The summed E-state index contributed by atoms with van der Waals surface area (Å²) in [6.07, 6.45) is 5.67. The van der Waals surface area contributed by atoms with Gasteiger partial charge in [-0.25, -0.2) is 9.97 Å². The number of nitrogens with zero attached hydrogens (tertiary/aromatic N) is 6. The molecule has 0 spiro atoms. The lowest BCUT2D eigenvalue weighted by Gasteiger charge is -2.32. The molecule has 0 bridgehead atoms. The minimum Gasteiger partial charge on any atom is -0.356 e. The van der Waals surface area contributed by atoms with E-state index in [-0.39, 0.29) is 11.8 Å². The lowest BCUT2D eigenvalue weighted by Crippen LogP contribution is -2.41. The molecule has 1 unspecified atom stereocenters. The zero-order chi connectivity index (χ0) is 21.8. The number of amides is 1. The van der Waals surface area contributed by atoms with Gasteiger partial charge in [0.2, 0.25) is 5.91 Å². The highest BCUT2D eigenvalue weighted by atomic mass is 16.2. The van der Waals surface area contributed by atoms with Crippen molar-refractivity contribution in [3.8, 4) is 11.3 Å². The molecule has 2 aliphatic heterocycles. The van der Waals surface area contributed by atoms with Crippen LogP contribution >= 0.6 is 0 Å². The predicted octanol–water partition coefficient (Wildman–Crippen LogP) is 3.39. The first-order valence-corrected chi connectivity index (χ1v) is 11.3. The van der Waals surface area contributed by atoms with Gasteiger partial charge in [0.15, 0.2) is 5.82 Å². The third-order valence-corrected chi connectivity index (χ3v) is 6.17. The Labute approximate surface area is 187 Å². The van der Waals surface area contributed by atoms with Crippen LogP contribution in [0.2, 0.25) is 0 Å². The van der Waals surface area contributed by atoms with Gasteiger partial charge in [-0.15, -0.1) is 10.2 Å². The number of anilines is 3. The number of piperidine rings is 1. The monoisotopic (exact) mass is 429 g/mol. The molecule has 0 aliphatic carbocycles. The molecule has 0 saturated carbocycles. The highest BCUT2D eigenvalue weighted by molar-refractivity contribution is 5.92. The Morgan fingerprint density at radius 3 is 2.47 bits per heavy atom. The van der Waals surface area contributed by atoms with Gasteiger partial charge in [-0.3, -0.25) is 4.79 Å². The molecule has 8 nitrogen and oxygen atoms in total. The number of rotatable bonds is 5. The van der Waals surface area contributed by atoms with E-state index in [9.17, 15) is 4.79 Å². The van der Waals surface area contributed by atoms with Gasteiger partial charge in [-0.2, -0.15) is 0 Å². The third-order valence-electron chi connectivity index (χ3n) is 6.17. The Balaban J connectivity index is 1.23. The van der Waals surface area contributed by atoms with Crippen LogP contribution in [0, 0.1) is 5.92 Å². The fraction of sp³-hybridized carbons (Fsp3) is 0.375. The number of nitrogens with one attached hydrogen (secondary N) is 1. The maximum Gasteiger partial charge on any atom is 0.230 e. The van der Waals surface area contributed by atoms with Gasteiger partial charge in [-0.05, 0) is 37.8 Å². The second-order valence-corrected chi connectivity index (χ2v) is 8.37. The highest BCUT2D eigenvalue weighted by Gasteiger charge is 2.27. The van der Waals surface area contributed by atoms with Crippen LogP contribution in [0.5, 0.6) is 0 Å². The first-order valence-electron chi connectivity index (χ1n) is 11.3. The summed E-state index contributed by atoms with van der Waals surface area (Å²) >= 11 is 0. The van der Waals surface area contributed by atoms with Gasteiger partial charge in [-0.1, -0.05) is 30.3 Å². The zero-order valence-corrected chi connectivity index (χ0v) is 18.0. The molecular formula is C24H27N7O. The van der Waals surface area contributed by atoms with Crippen molar-refractivity contribution in [1.82, 2.24) is 20.2 Å². The summed E-state index contributed by atoms with van der Waals surface area (Å²) in [6.45, 7) is 3.50. The molecule has 1 N–H and O–H groups in total. The largest absolute Gasteiger partial charge is 0.356 e. The van der Waals surface area contributed by atoms with E-state index in [0.29, 0.717) is 12.4 Å². The molecular weight excluding hydrogens is 402 g/mol. The first-order chi connectivity index (χ1) is 15.8. The van der Waals surface area contributed by atoms with E-state index in [0.717, 1.165) is 55.4 Å². The molecule has 3 aromatic rings. The number of aromatic nitrogens is 4. The van der Waals surface area contributed by atoms with Crippen molar-refractivity contribution in [2.45, 2.75) is 25.7 Å². The average Bonchev–Trinajstić information content (AvgIpc) is 3.40. The van der Waals surface area contributed by atoms with Crippen molar-refractivity contribution in [3.05, 3.63) is 54.9 Å². The van der Waals surface area contributed by atoms with Crippen LogP contribution in [0.4, 0.5) is 17.5 Å². The van der Waals surface area contributed by atoms with E-state index in [1.165, 1.54) is 19.2 Å². The molecule has 2 saturated heterocycles. The van der Waals surface area contributed by atoms with Crippen LogP contribution in [0.1, 0.15) is 25.7 Å². The maximum atomic E-state index is 13.0. The molecule has 8 heteroatoms. The van der Waals surface area contributed by atoms with E-state index < -0.39 is 0 Å². The van der Waals surface area contributed by atoms with Gasteiger partial charge in [0, 0.05) is 37.8 Å². The molecule has 4 heterocycles. The Hall–Kier alpha value is -3.55. The van der Waals surface area contributed by atoms with Crippen molar-refractivity contribution >= 4 is 23.4 Å². The molecule has 5 rings (SSSR count). The van der Waals surface area contributed by atoms with E-state index >= 15 is 0 Å². The summed E-state index contributed by atoms with van der Waals surface area (Å²) in [4.78, 5) is 26.0. The standard InChI is InChI=1S/C24H27N7O/c32-24(27-21-15-23(26-17-25-21)30-12-4-5-13-30)19-9-6-14-31(16-19)22-11-10-20(28-29-22)18-7-2-1-3-8-18/h1-3,7-8,10-11,15,17,19H,4-6,9,12-14,16H2,(H,25,26,27,32). The summed E-state index contributed by atoms with van der Waals surface area (Å²) in [7, 11) is 0. The van der Waals surface area contributed by atoms with E-state index in [1.54, 1.807) is 0 Å². The fourth-order valence-corrected chi connectivity index (χ4v) is 4.42. The van der Waals surface area contributed by atoms with Crippen LogP contribution < -0.4 is 15.1 Å². The number of carbonyl (C=O) groups is 1. The number of hydrogen-bond donors (Lipinski definition) is 1. The Kier molecular flexibility index (Phi) is 5.91. The van der Waals surface area contributed by atoms with Gasteiger partial charge >= 0.3 is 0 Å². The fourth-order valence-electron chi connectivity index (χ4n) is 4.42. The Morgan fingerprint density at radius 1 is 0.875 bits per heavy atom. The molecule has 32 heavy (non-hydrogen) atoms. The lowest BCUT2D eigenvalue weighted by atomic mass is 9.97. The molecule has 0 radical (unpaired) electrons. The van der Waals surface area contributed by atoms with Crippen LogP contribution in [-0.4, -0.2) is 52.3 Å². The van der Waals surface area contributed by atoms with Crippen LogP contribution in [0.3, 0.4) is 0 Å². The number of carbonyl (C=O) groups excluding carboxylic acids is 1. The highest BCUT2D eigenvalue weighted by Crippen LogP contribution is 2.25. The smallest absolute Gasteiger partial charge is 0.230 e. The summed E-state index contributed by atoms with van der Waals surface area (Å²) in [5, 5.41) is 11.8. The molecule has 1 atom stereocenters.